The molecule has 0 spiro atoms. The highest BCUT2D eigenvalue weighted by molar-refractivity contribution is 7.16. The molecule has 1 aromatic carbocycles. The molecule has 1 fully saturated rings. The predicted octanol–water partition coefficient (Wildman–Crippen LogP) is 5.76. The largest absolute Gasteiger partial charge is 0.459 e. The molecule has 2 aromatic heterocycles. The molecular weight excluding hydrogens is 408 g/mol. The number of anilines is 1. The Labute approximate surface area is 188 Å². The first-order chi connectivity index (χ1) is 15.0. The first-order valence-electron chi connectivity index (χ1n) is 10.8. The van der Waals surface area contributed by atoms with Crippen molar-refractivity contribution in [2.24, 2.45) is 0 Å². The molecule has 164 valence electrons. The third kappa shape index (κ3) is 4.61. The number of rotatable bonds is 6. The Kier molecular flexibility index (Phi) is 6.60. The third-order valence-electron chi connectivity index (χ3n) is 6.01. The number of ether oxygens (including phenoxy) is 1. The number of carbonyl (C=O) groups is 1. The minimum absolute atomic E-state index is 0.0574. The van der Waals surface area contributed by atoms with Gasteiger partial charge in [-0.05, 0) is 48.6 Å². The number of hydrogen-bond donors (Lipinski definition) is 1. The number of carbonyl (C=O) groups excluding carboxylic acids is 1. The minimum Gasteiger partial charge on any atom is -0.459 e. The van der Waals surface area contributed by atoms with Crippen LogP contribution in [0, 0.1) is 13.8 Å². The van der Waals surface area contributed by atoms with Crippen molar-refractivity contribution in [3.05, 3.63) is 75.6 Å². The maximum atomic E-state index is 12.8. The van der Waals surface area contributed by atoms with E-state index in [9.17, 15) is 4.79 Å². The van der Waals surface area contributed by atoms with Gasteiger partial charge < -0.3 is 14.5 Å². The minimum atomic E-state index is -0.219. The molecule has 1 atom stereocenters. The van der Waals surface area contributed by atoms with E-state index in [0.717, 1.165) is 31.3 Å². The van der Waals surface area contributed by atoms with Gasteiger partial charge in [0.15, 0.2) is 5.76 Å². The predicted molar refractivity (Wildman–Crippen MR) is 125 cm³/mol. The fourth-order valence-corrected chi connectivity index (χ4v) is 5.19. The molecule has 3 heterocycles. The van der Waals surface area contributed by atoms with Crippen molar-refractivity contribution in [2.45, 2.75) is 39.7 Å². The standard InChI is InChI=1S/C25H30N2O3S/c1-16(2)19-7-9-20(10-8-19)23(27-11-14-29-15-12-27)22-17(3)18(4)31-25(22)26-24(28)21-6-5-13-30-21/h5-10,13,16,23H,11-12,14-15H2,1-4H3,(H,26,28)/t23-/m0/s1. The van der Waals surface area contributed by atoms with Gasteiger partial charge >= 0.3 is 0 Å². The Balaban J connectivity index is 1.76. The molecular formula is C25H30N2O3S. The molecule has 1 N–H and O–H groups in total. The van der Waals surface area contributed by atoms with E-state index in [4.69, 9.17) is 9.15 Å². The van der Waals surface area contributed by atoms with Crippen LogP contribution in [-0.4, -0.2) is 37.1 Å². The number of morpholine rings is 1. The van der Waals surface area contributed by atoms with Gasteiger partial charge in [0.2, 0.25) is 0 Å². The van der Waals surface area contributed by atoms with Gasteiger partial charge in [0.1, 0.15) is 5.00 Å². The lowest BCUT2D eigenvalue weighted by Crippen LogP contribution is -2.40. The topological polar surface area (TPSA) is 54.7 Å². The number of nitrogens with one attached hydrogen (secondary N) is 1. The normalized spacial score (nSPS) is 15.9. The zero-order valence-corrected chi connectivity index (χ0v) is 19.4. The second-order valence-electron chi connectivity index (χ2n) is 8.33. The summed E-state index contributed by atoms with van der Waals surface area (Å²) >= 11 is 1.63. The first-order valence-corrected chi connectivity index (χ1v) is 11.6. The number of aryl methyl sites for hydroxylation is 1. The quantitative estimate of drug-likeness (QED) is 0.532. The highest BCUT2D eigenvalue weighted by Crippen LogP contribution is 2.42. The van der Waals surface area contributed by atoms with Crippen molar-refractivity contribution in [1.82, 2.24) is 4.90 Å². The molecule has 5 nitrogen and oxygen atoms in total. The van der Waals surface area contributed by atoms with Crippen LogP contribution in [0.5, 0.6) is 0 Å². The van der Waals surface area contributed by atoms with Gasteiger partial charge in [-0.25, -0.2) is 0 Å². The lowest BCUT2D eigenvalue weighted by atomic mass is 9.92. The van der Waals surface area contributed by atoms with E-state index in [-0.39, 0.29) is 11.9 Å². The molecule has 4 rings (SSSR count). The molecule has 0 saturated carbocycles. The summed E-state index contributed by atoms with van der Waals surface area (Å²) in [7, 11) is 0. The lowest BCUT2D eigenvalue weighted by molar-refractivity contribution is 0.0240. The second kappa shape index (κ2) is 9.39. The van der Waals surface area contributed by atoms with Crippen LogP contribution in [0.15, 0.2) is 47.1 Å². The summed E-state index contributed by atoms with van der Waals surface area (Å²) in [5.41, 5.74) is 4.96. The monoisotopic (exact) mass is 438 g/mol. The molecule has 1 aliphatic heterocycles. The van der Waals surface area contributed by atoms with E-state index in [0.29, 0.717) is 11.7 Å². The summed E-state index contributed by atoms with van der Waals surface area (Å²) in [6.45, 7) is 11.8. The van der Waals surface area contributed by atoms with Crippen molar-refractivity contribution in [1.29, 1.82) is 0 Å². The Hall–Kier alpha value is -2.41. The molecule has 0 radical (unpaired) electrons. The van der Waals surface area contributed by atoms with Crippen molar-refractivity contribution in [2.75, 3.05) is 31.6 Å². The van der Waals surface area contributed by atoms with Crippen molar-refractivity contribution < 1.29 is 13.9 Å². The van der Waals surface area contributed by atoms with Crippen molar-refractivity contribution >= 4 is 22.2 Å². The molecule has 1 saturated heterocycles. The van der Waals surface area contributed by atoms with E-state index >= 15 is 0 Å². The maximum Gasteiger partial charge on any atom is 0.291 e. The van der Waals surface area contributed by atoms with Crippen LogP contribution >= 0.6 is 11.3 Å². The van der Waals surface area contributed by atoms with Gasteiger partial charge in [-0.3, -0.25) is 9.69 Å². The first kappa shape index (κ1) is 21.8. The van der Waals surface area contributed by atoms with Crippen LogP contribution in [0.4, 0.5) is 5.00 Å². The van der Waals surface area contributed by atoms with Gasteiger partial charge in [-0.15, -0.1) is 11.3 Å². The van der Waals surface area contributed by atoms with E-state index in [1.807, 2.05) is 0 Å². The zero-order valence-electron chi connectivity index (χ0n) is 18.6. The molecule has 31 heavy (non-hydrogen) atoms. The molecule has 6 heteroatoms. The molecule has 3 aromatic rings. The molecule has 0 aliphatic carbocycles. The SMILES string of the molecule is Cc1sc(NC(=O)c2ccco2)c([C@H](c2ccc(C(C)C)cc2)N2CCOCC2)c1C. The Bertz CT molecular complexity index is 1020. The summed E-state index contributed by atoms with van der Waals surface area (Å²) in [4.78, 5) is 16.4. The van der Waals surface area contributed by atoms with Gasteiger partial charge in [0.25, 0.3) is 5.91 Å². The van der Waals surface area contributed by atoms with Gasteiger partial charge in [0, 0.05) is 23.5 Å². The van der Waals surface area contributed by atoms with E-state index < -0.39 is 0 Å². The third-order valence-corrected chi connectivity index (χ3v) is 7.15. The summed E-state index contributed by atoms with van der Waals surface area (Å²) < 4.78 is 10.9. The second-order valence-corrected chi connectivity index (χ2v) is 9.55. The number of hydrogen-bond acceptors (Lipinski definition) is 5. The highest BCUT2D eigenvalue weighted by Gasteiger charge is 2.30. The van der Waals surface area contributed by atoms with Gasteiger partial charge in [0.05, 0.1) is 25.5 Å². The zero-order chi connectivity index (χ0) is 22.0. The summed E-state index contributed by atoms with van der Waals surface area (Å²) in [5, 5.41) is 4.01. The number of nitrogens with zero attached hydrogens (tertiary/aromatic N) is 1. The summed E-state index contributed by atoms with van der Waals surface area (Å²) in [5.74, 6) is 0.589. The van der Waals surface area contributed by atoms with Crippen LogP contribution in [0.3, 0.4) is 0 Å². The van der Waals surface area contributed by atoms with Crippen LogP contribution in [0.1, 0.15) is 63.5 Å². The summed E-state index contributed by atoms with van der Waals surface area (Å²) in [6, 6.07) is 12.4. The smallest absolute Gasteiger partial charge is 0.291 e. The van der Waals surface area contributed by atoms with E-state index in [1.165, 1.54) is 33.4 Å². The lowest BCUT2D eigenvalue weighted by Gasteiger charge is -2.36. The Morgan fingerprint density at radius 3 is 2.35 bits per heavy atom. The van der Waals surface area contributed by atoms with E-state index in [1.54, 1.807) is 23.5 Å². The summed E-state index contributed by atoms with van der Waals surface area (Å²) in [6.07, 6.45) is 1.52. The highest BCUT2D eigenvalue weighted by atomic mass is 32.1. The van der Waals surface area contributed by atoms with Crippen LogP contribution in [-0.2, 0) is 4.74 Å². The van der Waals surface area contributed by atoms with Gasteiger partial charge in [-0.1, -0.05) is 38.1 Å². The number of benzene rings is 1. The molecule has 1 aliphatic rings. The molecule has 0 unspecified atom stereocenters. The van der Waals surface area contributed by atoms with Crippen molar-refractivity contribution in [3.8, 4) is 0 Å². The average Bonchev–Trinajstić information content (AvgIpc) is 3.40. The van der Waals surface area contributed by atoms with Crippen molar-refractivity contribution in [3.63, 3.8) is 0 Å². The van der Waals surface area contributed by atoms with E-state index in [2.05, 4.69) is 62.2 Å². The number of thiophene rings is 1. The fraction of sp³-hybridized carbons (Fsp3) is 0.400. The Morgan fingerprint density at radius 2 is 1.74 bits per heavy atom. The molecule has 0 bridgehead atoms. The number of furan rings is 1. The van der Waals surface area contributed by atoms with Gasteiger partial charge in [-0.2, -0.15) is 0 Å². The van der Waals surface area contributed by atoms with Crippen LogP contribution in [0.25, 0.3) is 0 Å². The van der Waals surface area contributed by atoms with Crippen LogP contribution in [0.2, 0.25) is 0 Å². The molecule has 1 amide bonds. The Morgan fingerprint density at radius 1 is 1.06 bits per heavy atom. The number of amides is 1. The fourth-order valence-electron chi connectivity index (χ4n) is 4.10. The average molecular weight is 439 g/mol. The van der Waals surface area contributed by atoms with Crippen LogP contribution < -0.4 is 5.32 Å². The maximum absolute atomic E-state index is 12.8.